The van der Waals surface area contributed by atoms with Crippen molar-refractivity contribution in [3.05, 3.63) is 82.4 Å². The number of H-pyrrole nitrogens is 1. The van der Waals surface area contributed by atoms with Crippen LogP contribution in [0.5, 0.6) is 11.5 Å². The number of carbonyl (C=O) groups is 1. The number of methoxy groups -OCH3 is 1. The van der Waals surface area contributed by atoms with Crippen molar-refractivity contribution in [2.75, 3.05) is 13.7 Å². The summed E-state index contributed by atoms with van der Waals surface area (Å²) < 4.78 is 13.4. The van der Waals surface area contributed by atoms with Gasteiger partial charge in [0.15, 0.2) is 0 Å². The van der Waals surface area contributed by atoms with Crippen molar-refractivity contribution in [1.29, 1.82) is 0 Å². The molecule has 9 nitrogen and oxygen atoms in total. The third-order valence-corrected chi connectivity index (χ3v) is 6.28. The maximum absolute atomic E-state index is 13.3. The van der Waals surface area contributed by atoms with Gasteiger partial charge in [0.05, 0.1) is 54.1 Å². The third kappa shape index (κ3) is 5.08. The maximum atomic E-state index is 13.3. The lowest BCUT2D eigenvalue weighted by atomic mass is 10.1. The molecule has 0 radical (unpaired) electrons. The fraction of sp³-hybridized carbons (Fsp3) is 0.241. The fourth-order valence-corrected chi connectivity index (χ4v) is 4.40. The molecule has 0 atom stereocenters. The van der Waals surface area contributed by atoms with Gasteiger partial charge in [0, 0.05) is 19.0 Å². The molecule has 2 heterocycles. The van der Waals surface area contributed by atoms with Crippen LogP contribution >= 0.6 is 0 Å². The number of amides is 1. The van der Waals surface area contributed by atoms with E-state index in [-0.39, 0.29) is 11.5 Å². The predicted molar refractivity (Wildman–Crippen MR) is 146 cm³/mol. The van der Waals surface area contributed by atoms with Crippen LogP contribution in [0.4, 0.5) is 0 Å². The van der Waals surface area contributed by atoms with Crippen molar-refractivity contribution in [3.8, 4) is 22.9 Å². The Labute approximate surface area is 219 Å². The van der Waals surface area contributed by atoms with E-state index >= 15 is 0 Å². The van der Waals surface area contributed by atoms with Crippen LogP contribution in [0.1, 0.15) is 31.4 Å². The van der Waals surface area contributed by atoms with Crippen LogP contribution in [-0.2, 0) is 17.9 Å². The maximum Gasteiger partial charge on any atom is 0.259 e. The van der Waals surface area contributed by atoms with Crippen molar-refractivity contribution in [2.24, 2.45) is 0 Å². The molecule has 0 saturated carbocycles. The first-order valence-electron chi connectivity index (χ1n) is 12.5. The predicted octanol–water partition coefficient (Wildman–Crippen LogP) is 4.42. The Morgan fingerprint density at radius 1 is 1.08 bits per heavy atom. The van der Waals surface area contributed by atoms with E-state index in [0.29, 0.717) is 47.7 Å². The smallest absolute Gasteiger partial charge is 0.259 e. The fourth-order valence-electron chi connectivity index (χ4n) is 4.40. The lowest BCUT2D eigenvalue weighted by molar-refractivity contribution is -0.119. The standard InChI is InChI=1S/C29H29N5O4/c1-4-11-38-27-10-9-19(15-30-18(2)35)12-22(27)28-32-23-14-24-25(13-21(23)29(36)33-28)34(17-31-24)16-20-7-5-6-8-26(20)37-3/h5-10,12-14,17H,4,11,15-16H2,1-3H3,(H,30,35)(H,32,33,36). The molecule has 0 fully saturated rings. The van der Waals surface area contributed by atoms with Crippen LogP contribution in [0.15, 0.2) is 65.7 Å². The van der Waals surface area contributed by atoms with Crippen molar-refractivity contribution in [3.63, 3.8) is 0 Å². The van der Waals surface area contributed by atoms with Gasteiger partial charge in [-0.2, -0.15) is 0 Å². The third-order valence-electron chi connectivity index (χ3n) is 6.28. The van der Waals surface area contributed by atoms with E-state index in [0.717, 1.165) is 34.3 Å². The van der Waals surface area contributed by atoms with Crippen LogP contribution in [0.3, 0.4) is 0 Å². The number of fused-ring (bicyclic) bond motifs is 2. The molecule has 194 valence electrons. The van der Waals surface area contributed by atoms with Crippen LogP contribution in [-0.4, -0.2) is 39.1 Å². The summed E-state index contributed by atoms with van der Waals surface area (Å²) in [7, 11) is 1.65. The summed E-state index contributed by atoms with van der Waals surface area (Å²) in [5.74, 6) is 1.68. The van der Waals surface area contributed by atoms with E-state index in [4.69, 9.17) is 14.5 Å². The molecule has 2 aromatic heterocycles. The molecule has 5 rings (SSSR count). The molecule has 9 heteroatoms. The summed E-state index contributed by atoms with van der Waals surface area (Å²) >= 11 is 0. The number of nitrogens with zero attached hydrogens (tertiary/aromatic N) is 3. The minimum Gasteiger partial charge on any atom is -0.496 e. The second kappa shape index (κ2) is 10.8. The Morgan fingerprint density at radius 3 is 2.71 bits per heavy atom. The monoisotopic (exact) mass is 511 g/mol. The van der Waals surface area contributed by atoms with E-state index in [9.17, 15) is 9.59 Å². The number of hydrogen-bond acceptors (Lipinski definition) is 6. The van der Waals surface area contributed by atoms with E-state index in [1.807, 2.05) is 66.1 Å². The normalized spacial score (nSPS) is 11.1. The molecule has 0 aliphatic rings. The van der Waals surface area contributed by atoms with Gasteiger partial charge in [-0.1, -0.05) is 31.2 Å². The SMILES string of the molecule is CCCOc1ccc(CNC(C)=O)cc1-c1nc2cc3ncn(Cc4ccccc4OC)c3cc2c(=O)[nH]1. The van der Waals surface area contributed by atoms with Crippen molar-refractivity contribution >= 4 is 27.8 Å². The van der Waals surface area contributed by atoms with E-state index in [2.05, 4.69) is 15.3 Å². The lowest BCUT2D eigenvalue weighted by Crippen LogP contribution is -2.19. The first-order valence-corrected chi connectivity index (χ1v) is 12.5. The highest BCUT2D eigenvalue weighted by atomic mass is 16.5. The quantitative estimate of drug-likeness (QED) is 0.303. The first-order chi connectivity index (χ1) is 18.5. The van der Waals surface area contributed by atoms with E-state index in [1.54, 1.807) is 13.4 Å². The zero-order valence-corrected chi connectivity index (χ0v) is 21.6. The van der Waals surface area contributed by atoms with Gasteiger partial charge in [0.25, 0.3) is 5.56 Å². The molecule has 0 aliphatic heterocycles. The summed E-state index contributed by atoms with van der Waals surface area (Å²) in [6.07, 6.45) is 2.59. The van der Waals surface area contributed by atoms with Gasteiger partial charge in [0.2, 0.25) is 5.91 Å². The number of aromatic nitrogens is 4. The molecule has 0 aliphatic carbocycles. The van der Waals surface area contributed by atoms with Crippen molar-refractivity contribution < 1.29 is 14.3 Å². The average molecular weight is 512 g/mol. The molecule has 1 amide bonds. The Balaban J connectivity index is 1.57. The van der Waals surface area contributed by atoms with E-state index < -0.39 is 0 Å². The molecule has 0 saturated heterocycles. The summed E-state index contributed by atoms with van der Waals surface area (Å²) in [6, 6.07) is 17.1. The van der Waals surface area contributed by atoms with Crippen molar-refractivity contribution in [2.45, 2.75) is 33.4 Å². The number of para-hydroxylation sites is 1. The van der Waals surface area contributed by atoms with Gasteiger partial charge in [0.1, 0.15) is 17.3 Å². The number of nitrogens with one attached hydrogen (secondary N) is 2. The minimum atomic E-state index is -0.259. The topological polar surface area (TPSA) is 111 Å². The number of imidazole rings is 1. The average Bonchev–Trinajstić information content (AvgIpc) is 3.31. The zero-order valence-electron chi connectivity index (χ0n) is 21.6. The van der Waals surface area contributed by atoms with Crippen LogP contribution in [0, 0.1) is 0 Å². The Kier molecular flexibility index (Phi) is 7.08. The van der Waals surface area contributed by atoms with Crippen LogP contribution < -0.4 is 20.3 Å². The summed E-state index contributed by atoms with van der Waals surface area (Å²) in [4.78, 5) is 37.0. The molecule has 0 spiro atoms. The highest BCUT2D eigenvalue weighted by Gasteiger charge is 2.15. The molecular formula is C29H29N5O4. The van der Waals surface area contributed by atoms with Crippen LogP contribution in [0.25, 0.3) is 33.3 Å². The van der Waals surface area contributed by atoms with Gasteiger partial charge in [-0.15, -0.1) is 0 Å². The molecule has 0 bridgehead atoms. The Morgan fingerprint density at radius 2 is 1.92 bits per heavy atom. The zero-order chi connectivity index (χ0) is 26.6. The molecule has 3 aromatic carbocycles. The first kappa shape index (κ1) is 25.0. The second-order valence-electron chi connectivity index (χ2n) is 9.05. The number of ether oxygens (including phenoxy) is 2. The summed E-state index contributed by atoms with van der Waals surface area (Å²) in [5, 5.41) is 3.27. The highest BCUT2D eigenvalue weighted by molar-refractivity contribution is 5.93. The van der Waals surface area contributed by atoms with Gasteiger partial charge < -0.3 is 24.3 Å². The van der Waals surface area contributed by atoms with E-state index in [1.165, 1.54) is 6.92 Å². The number of carbonyl (C=O) groups excluding carboxylic acids is 1. The number of benzene rings is 3. The van der Waals surface area contributed by atoms with Gasteiger partial charge in [-0.05, 0) is 42.3 Å². The second-order valence-corrected chi connectivity index (χ2v) is 9.05. The minimum absolute atomic E-state index is 0.121. The number of hydrogen-bond donors (Lipinski definition) is 2. The number of aromatic amines is 1. The van der Waals surface area contributed by atoms with Crippen molar-refractivity contribution in [1.82, 2.24) is 24.8 Å². The molecule has 0 unspecified atom stereocenters. The molecule has 38 heavy (non-hydrogen) atoms. The van der Waals surface area contributed by atoms with Gasteiger partial charge in [-0.25, -0.2) is 9.97 Å². The highest BCUT2D eigenvalue weighted by Crippen LogP contribution is 2.30. The van der Waals surface area contributed by atoms with Crippen LogP contribution in [0.2, 0.25) is 0 Å². The Bertz CT molecular complexity index is 1690. The number of rotatable bonds is 9. The molecular weight excluding hydrogens is 482 g/mol. The lowest BCUT2D eigenvalue weighted by Gasteiger charge is -2.13. The van der Waals surface area contributed by atoms with Gasteiger partial charge >= 0.3 is 0 Å². The molecule has 5 aromatic rings. The summed E-state index contributed by atoms with van der Waals surface area (Å²) in [5.41, 5.74) is 4.37. The Hall–Kier alpha value is -4.66. The van der Waals surface area contributed by atoms with Gasteiger partial charge in [-0.3, -0.25) is 9.59 Å². The summed E-state index contributed by atoms with van der Waals surface area (Å²) in [6.45, 7) is 4.94. The largest absolute Gasteiger partial charge is 0.496 e. The molecule has 2 N–H and O–H groups in total.